The van der Waals surface area contributed by atoms with Crippen molar-refractivity contribution in [3.8, 4) is 5.75 Å². The van der Waals surface area contributed by atoms with E-state index in [0.29, 0.717) is 22.0 Å². The Bertz CT molecular complexity index is 1330. The Labute approximate surface area is 223 Å². The molecule has 0 radical (unpaired) electrons. The van der Waals surface area contributed by atoms with Gasteiger partial charge in [-0.15, -0.1) is 0 Å². The van der Waals surface area contributed by atoms with Gasteiger partial charge in [-0.25, -0.2) is 4.39 Å². The van der Waals surface area contributed by atoms with Crippen molar-refractivity contribution in [3.63, 3.8) is 0 Å². The van der Waals surface area contributed by atoms with E-state index in [0.717, 1.165) is 25.8 Å². The molecule has 0 aromatic heterocycles. The van der Waals surface area contributed by atoms with Crippen LogP contribution in [-0.2, 0) is 16.2 Å². The zero-order valence-corrected chi connectivity index (χ0v) is 21.7. The van der Waals surface area contributed by atoms with Crippen LogP contribution in [0.15, 0.2) is 71.6 Å². The molecule has 0 unspecified atom stereocenters. The van der Waals surface area contributed by atoms with Gasteiger partial charge < -0.3 is 10.1 Å². The molecule has 1 heterocycles. The lowest BCUT2D eigenvalue weighted by Crippen LogP contribution is -2.36. The number of benzene rings is 3. The first kappa shape index (κ1) is 25.2. The van der Waals surface area contributed by atoms with E-state index in [1.54, 1.807) is 54.6 Å². The highest BCUT2D eigenvalue weighted by Crippen LogP contribution is 2.33. The number of hydrogen-bond acceptors (Lipinski definition) is 5. The van der Waals surface area contributed by atoms with Gasteiger partial charge in [-0.2, -0.15) is 0 Å². The van der Waals surface area contributed by atoms with Crippen LogP contribution in [0, 0.1) is 9.39 Å². The van der Waals surface area contributed by atoms with Crippen LogP contribution in [0.1, 0.15) is 11.1 Å². The molecule has 1 aliphatic heterocycles. The summed E-state index contributed by atoms with van der Waals surface area (Å²) in [6.45, 7) is -0.133. The summed E-state index contributed by atoms with van der Waals surface area (Å²) in [5.74, 6) is -0.741. The lowest BCUT2D eigenvalue weighted by Gasteiger charge is -2.13. The van der Waals surface area contributed by atoms with E-state index in [-0.39, 0.29) is 17.3 Å². The largest absolute Gasteiger partial charge is 0.488 e. The molecule has 35 heavy (non-hydrogen) atoms. The molecule has 4 rings (SSSR count). The molecule has 0 atom stereocenters. The minimum absolute atomic E-state index is 0.219. The third-order valence-electron chi connectivity index (χ3n) is 4.88. The van der Waals surface area contributed by atoms with Crippen molar-refractivity contribution in [2.75, 3.05) is 11.9 Å². The minimum Gasteiger partial charge on any atom is -0.488 e. The minimum atomic E-state index is -0.541. The highest BCUT2D eigenvalue weighted by atomic mass is 127. The molecule has 1 saturated heterocycles. The van der Waals surface area contributed by atoms with Gasteiger partial charge in [0.25, 0.3) is 11.1 Å². The van der Waals surface area contributed by atoms with Crippen LogP contribution in [0.2, 0.25) is 5.02 Å². The molecule has 10 heteroatoms. The summed E-state index contributed by atoms with van der Waals surface area (Å²) in [5.41, 5.74) is 1.94. The summed E-state index contributed by atoms with van der Waals surface area (Å²) in [6.07, 6.45) is 1.60. The van der Waals surface area contributed by atoms with E-state index in [2.05, 4.69) is 27.9 Å². The summed E-state index contributed by atoms with van der Waals surface area (Å²) in [4.78, 5) is 38.6. The fourth-order valence-corrected chi connectivity index (χ4v) is 4.87. The SMILES string of the molecule is O=C(CN1C(=O)S/C(=C/c2ccc(OCc3ccc(F)cc3)c(I)c2)C1=O)Nc1ccccc1Cl. The van der Waals surface area contributed by atoms with E-state index >= 15 is 0 Å². The van der Waals surface area contributed by atoms with Crippen molar-refractivity contribution in [2.24, 2.45) is 0 Å². The van der Waals surface area contributed by atoms with Gasteiger partial charge in [0, 0.05) is 0 Å². The monoisotopic (exact) mass is 622 g/mol. The third-order valence-corrected chi connectivity index (χ3v) is 6.96. The predicted octanol–water partition coefficient (Wildman–Crippen LogP) is 6.34. The fourth-order valence-electron chi connectivity index (χ4n) is 3.15. The Kier molecular flexibility index (Phi) is 8.09. The molecule has 1 aliphatic rings. The first-order chi connectivity index (χ1) is 16.8. The molecule has 1 N–H and O–H groups in total. The number of hydrogen-bond donors (Lipinski definition) is 1. The van der Waals surface area contributed by atoms with Crippen molar-refractivity contribution in [1.29, 1.82) is 0 Å². The van der Waals surface area contributed by atoms with Crippen LogP contribution in [0.3, 0.4) is 0 Å². The molecule has 0 bridgehead atoms. The van der Waals surface area contributed by atoms with E-state index < -0.39 is 23.6 Å². The van der Waals surface area contributed by atoms with Gasteiger partial charge in [0.15, 0.2) is 0 Å². The number of carbonyl (C=O) groups excluding carboxylic acids is 3. The molecule has 3 amide bonds. The number of nitrogens with zero attached hydrogens (tertiary/aromatic N) is 1. The highest BCUT2D eigenvalue weighted by molar-refractivity contribution is 14.1. The fraction of sp³-hybridized carbons (Fsp3) is 0.0800. The standard InChI is InChI=1S/C25H17ClFIN2O4S/c26-18-3-1-2-4-20(18)29-23(31)13-30-24(32)22(35-25(30)33)12-16-7-10-21(19(28)11-16)34-14-15-5-8-17(27)9-6-15/h1-12H,13-14H2,(H,29,31)/b22-12+. The zero-order valence-electron chi connectivity index (χ0n) is 18.0. The van der Waals surface area contributed by atoms with Crippen LogP contribution in [0.5, 0.6) is 5.75 Å². The topological polar surface area (TPSA) is 75.7 Å². The molecule has 178 valence electrons. The molecule has 0 spiro atoms. The second kappa shape index (κ2) is 11.2. The van der Waals surface area contributed by atoms with Crippen LogP contribution in [-0.4, -0.2) is 28.5 Å². The van der Waals surface area contributed by atoms with Gasteiger partial charge in [0.1, 0.15) is 24.7 Å². The molecule has 1 fully saturated rings. The van der Waals surface area contributed by atoms with Crippen LogP contribution >= 0.6 is 46.0 Å². The summed E-state index contributed by atoms with van der Waals surface area (Å²) >= 11 is 8.93. The van der Waals surface area contributed by atoms with Gasteiger partial charge in [0.05, 0.1) is 19.2 Å². The van der Waals surface area contributed by atoms with Gasteiger partial charge in [-0.05, 0) is 88.0 Å². The van der Waals surface area contributed by atoms with Gasteiger partial charge in [-0.3, -0.25) is 19.3 Å². The molecule has 6 nitrogen and oxygen atoms in total. The molecular formula is C25H17ClFIN2O4S. The normalized spacial score (nSPS) is 14.5. The maximum absolute atomic E-state index is 13.0. The summed E-state index contributed by atoms with van der Waals surface area (Å²) in [5, 5.41) is 2.44. The Hall–Kier alpha value is -2.89. The van der Waals surface area contributed by atoms with Crippen molar-refractivity contribution in [1.82, 2.24) is 4.90 Å². The zero-order chi connectivity index (χ0) is 24.9. The number of rotatable bonds is 7. The smallest absolute Gasteiger partial charge is 0.294 e. The van der Waals surface area contributed by atoms with Gasteiger partial charge in [-0.1, -0.05) is 41.9 Å². The van der Waals surface area contributed by atoms with Crippen LogP contribution in [0.4, 0.5) is 14.9 Å². The molecule has 3 aromatic carbocycles. The average molecular weight is 623 g/mol. The maximum atomic E-state index is 13.0. The number of nitrogens with one attached hydrogen (secondary N) is 1. The number of amides is 3. The number of imide groups is 1. The van der Waals surface area contributed by atoms with E-state index in [1.165, 1.54) is 12.1 Å². The number of thioether (sulfide) groups is 1. The second-order valence-corrected chi connectivity index (χ2v) is 9.96. The second-order valence-electron chi connectivity index (χ2n) is 7.40. The van der Waals surface area contributed by atoms with Crippen molar-refractivity contribution >= 4 is 74.8 Å². The summed E-state index contributed by atoms with van der Waals surface area (Å²) < 4.78 is 19.7. The van der Waals surface area contributed by atoms with Crippen molar-refractivity contribution in [2.45, 2.75) is 6.61 Å². The Morgan fingerprint density at radius 1 is 1.11 bits per heavy atom. The number of carbonyl (C=O) groups is 3. The number of para-hydroxylation sites is 1. The van der Waals surface area contributed by atoms with Gasteiger partial charge in [0.2, 0.25) is 5.91 Å². The lowest BCUT2D eigenvalue weighted by atomic mass is 10.2. The van der Waals surface area contributed by atoms with E-state index in [1.807, 2.05) is 6.07 Å². The molecular weight excluding hydrogens is 606 g/mol. The number of anilines is 1. The average Bonchev–Trinajstić information content (AvgIpc) is 3.08. The quantitative estimate of drug-likeness (QED) is 0.246. The van der Waals surface area contributed by atoms with Crippen LogP contribution in [0.25, 0.3) is 6.08 Å². The Morgan fingerprint density at radius 3 is 2.57 bits per heavy atom. The Morgan fingerprint density at radius 2 is 1.86 bits per heavy atom. The molecule has 0 aliphatic carbocycles. The number of halogens is 3. The van der Waals surface area contributed by atoms with Gasteiger partial charge >= 0.3 is 0 Å². The van der Waals surface area contributed by atoms with Crippen molar-refractivity contribution < 1.29 is 23.5 Å². The molecule has 0 saturated carbocycles. The summed E-state index contributed by atoms with van der Waals surface area (Å²) in [6, 6.07) is 18.1. The molecule has 3 aromatic rings. The lowest BCUT2D eigenvalue weighted by molar-refractivity contribution is -0.127. The number of ether oxygens (including phenoxy) is 1. The van der Waals surface area contributed by atoms with E-state index in [4.69, 9.17) is 16.3 Å². The first-order valence-corrected chi connectivity index (χ1v) is 12.5. The van der Waals surface area contributed by atoms with E-state index in [9.17, 15) is 18.8 Å². The van der Waals surface area contributed by atoms with Crippen molar-refractivity contribution in [3.05, 3.63) is 97.2 Å². The highest BCUT2D eigenvalue weighted by Gasteiger charge is 2.36. The Balaban J connectivity index is 1.40. The third kappa shape index (κ3) is 6.41. The predicted molar refractivity (Wildman–Crippen MR) is 143 cm³/mol. The maximum Gasteiger partial charge on any atom is 0.294 e. The van der Waals surface area contributed by atoms with Crippen LogP contribution < -0.4 is 10.1 Å². The summed E-state index contributed by atoms with van der Waals surface area (Å²) in [7, 11) is 0. The first-order valence-electron chi connectivity index (χ1n) is 10.3.